The minimum Gasteiger partial charge on any atom is -0.380 e. The molecule has 4 N–H and O–H groups in total. The Morgan fingerprint density at radius 2 is 1.94 bits per heavy atom. The fraction of sp³-hybridized carbons (Fsp3) is 0.583. The van der Waals surface area contributed by atoms with E-state index in [1.165, 1.54) is 19.3 Å². The summed E-state index contributed by atoms with van der Waals surface area (Å²) in [5.41, 5.74) is 1.87. The maximum atomic E-state index is 9.03. The summed E-state index contributed by atoms with van der Waals surface area (Å²) in [4.78, 5) is 18.8. The van der Waals surface area contributed by atoms with Gasteiger partial charge in [0.2, 0.25) is 5.95 Å². The molecule has 2 aliphatic rings. The predicted molar refractivity (Wildman–Crippen MR) is 137 cm³/mol. The molecular formula is C24H37N9O. The lowest BCUT2D eigenvalue weighted by molar-refractivity contribution is 0.158. The average Bonchev–Trinajstić information content (AvgIpc) is 2.88. The van der Waals surface area contributed by atoms with E-state index in [1.807, 2.05) is 25.1 Å². The van der Waals surface area contributed by atoms with Crippen molar-refractivity contribution in [3.63, 3.8) is 0 Å². The van der Waals surface area contributed by atoms with Gasteiger partial charge in [-0.2, -0.15) is 4.98 Å². The van der Waals surface area contributed by atoms with Crippen molar-refractivity contribution in [2.75, 3.05) is 81.1 Å². The second-order valence-electron chi connectivity index (χ2n) is 8.61. The zero-order valence-electron chi connectivity index (χ0n) is 20.1. The van der Waals surface area contributed by atoms with Crippen molar-refractivity contribution in [3.8, 4) is 0 Å². The standard InChI is InChI=1S/C24H37N9O/c1-2-34-17-12-28-22-21(19(25)18-32-13-6-3-7-14-32)30-24(33-15-10-26-11-16-33)31-23(22)29-20-8-4-5-9-27-20/h4-5,8-9,25-26,28H,2-3,6-7,10-18H2,1H3,(H,27,29,30,31). The van der Waals surface area contributed by atoms with Gasteiger partial charge in [-0.05, 0) is 45.0 Å². The van der Waals surface area contributed by atoms with Crippen molar-refractivity contribution in [3.05, 3.63) is 30.1 Å². The highest BCUT2D eigenvalue weighted by Crippen LogP contribution is 2.29. The van der Waals surface area contributed by atoms with Gasteiger partial charge < -0.3 is 31.0 Å². The summed E-state index contributed by atoms with van der Waals surface area (Å²) >= 11 is 0. The fourth-order valence-electron chi connectivity index (χ4n) is 4.30. The first-order valence-electron chi connectivity index (χ1n) is 12.4. The molecule has 2 fully saturated rings. The van der Waals surface area contributed by atoms with Crippen LogP contribution in [0.1, 0.15) is 31.9 Å². The highest BCUT2D eigenvalue weighted by atomic mass is 16.5. The van der Waals surface area contributed by atoms with Crippen molar-refractivity contribution in [2.24, 2.45) is 0 Å². The molecule has 2 aromatic heterocycles. The normalized spacial score (nSPS) is 16.9. The third-order valence-electron chi connectivity index (χ3n) is 6.08. The number of anilines is 4. The first kappa shape index (κ1) is 24.3. The van der Waals surface area contributed by atoms with E-state index < -0.39 is 0 Å². The number of rotatable bonds is 11. The number of ether oxygens (including phenoxy) is 1. The van der Waals surface area contributed by atoms with Gasteiger partial charge in [0, 0.05) is 52.1 Å². The molecule has 0 unspecified atom stereocenters. The molecule has 10 nitrogen and oxygen atoms in total. The van der Waals surface area contributed by atoms with E-state index in [2.05, 4.69) is 30.7 Å². The van der Waals surface area contributed by atoms with Crippen molar-refractivity contribution in [2.45, 2.75) is 26.2 Å². The molecule has 0 bridgehead atoms. The maximum Gasteiger partial charge on any atom is 0.228 e. The van der Waals surface area contributed by atoms with Gasteiger partial charge in [-0.3, -0.25) is 4.90 Å². The number of hydrogen-bond donors (Lipinski definition) is 4. The fourth-order valence-corrected chi connectivity index (χ4v) is 4.30. The molecule has 184 valence electrons. The Hall–Kier alpha value is -2.82. The molecule has 0 amide bonds. The lowest BCUT2D eigenvalue weighted by atomic mass is 10.1. The van der Waals surface area contributed by atoms with Gasteiger partial charge >= 0.3 is 0 Å². The van der Waals surface area contributed by atoms with E-state index >= 15 is 0 Å². The third-order valence-corrected chi connectivity index (χ3v) is 6.08. The molecule has 2 saturated heterocycles. The van der Waals surface area contributed by atoms with Gasteiger partial charge in [0.25, 0.3) is 0 Å². The van der Waals surface area contributed by atoms with E-state index in [0.29, 0.717) is 55.3 Å². The van der Waals surface area contributed by atoms with E-state index in [-0.39, 0.29) is 0 Å². The van der Waals surface area contributed by atoms with Crippen LogP contribution < -0.4 is 20.9 Å². The summed E-state index contributed by atoms with van der Waals surface area (Å²) in [5.74, 6) is 1.99. The summed E-state index contributed by atoms with van der Waals surface area (Å²) < 4.78 is 5.54. The van der Waals surface area contributed by atoms with E-state index in [0.717, 1.165) is 45.0 Å². The average molecular weight is 468 g/mol. The molecule has 4 heterocycles. The largest absolute Gasteiger partial charge is 0.380 e. The number of nitrogens with one attached hydrogen (secondary N) is 4. The second-order valence-corrected chi connectivity index (χ2v) is 8.61. The second kappa shape index (κ2) is 12.6. The number of piperidine rings is 1. The molecular weight excluding hydrogens is 430 g/mol. The number of likely N-dealkylation sites (tertiary alicyclic amines) is 1. The van der Waals surface area contributed by atoms with E-state index in [1.54, 1.807) is 6.20 Å². The van der Waals surface area contributed by atoms with Crippen LogP contribution in [0.4, 0.5) is 23.3 Å². The Labute approximate surface area is 202 Å². The van der Waals surface area contributed by atoms with Gasteiger partial charge in [0.05, 0.1) is 12.3 Å². The highest BCUT2D eigenvalue weighted by Gasteiger charge is 2.23. The van der Waals surface area contributed by atoms with Gasteiger partial charge in [-0.1, -0.05) is 12.5 Å². The van der Waals surface area contributed by atoms with Gasteiger partial charge in [-0.25, -0.2) is 9.97 Å². The van der Waals surface area contributed by atoms with Gasteiger partial charge in [0.15, 0.2) is 5.82 Å². The Morgan fingerprint density at radius 1 is 1.12 bits per heavy atom. The Kier molecular flexibility index (Phi) is 9.00. The van der Waals surface area contributed by atoms with Crippen LogP contribution in [0.2, 0.25) is 0 Å². The van der Waals surface area contributed by atoms with E-state index in [9.17, 15) is 0 Å². The summed E-state index contributed by atoms with van der Waals surface area (Å²) in [6.45, 7) is 9.91. The van der Waals surface area contributed by atoms with Gasteiger partial charge in [-0.15, -0.1) is 0 Å². The summed E-state index contributed by atoms with van der Waals surface area (Å²) in [6.07, 6.45) is 5.40. The van der Waals surface area contributed by atoms with Crippen LogP contribution in [0.15, 0.2) is 24.4 Å². The van der Waals surface area contributed by atoms with Crippen LogP contribution in [0.3, 0.4) is 0 Å². The lowest BCUT2D eigenvalue weighted by Gasteiger charge is -2.30. The zero-order chi connectivity index (χ0) is 23.6. The monoisotopic (exact) mass is 467 g/mol. The molecule has 0 atom stereocenters. The van der Waals surface area contributed by atoms with Crippen LogP contribution >= 0.6 is 0 Å². The van der Waals surface area contributed by atoms with Crippen molar-refractivity contribution >= 4 is 29.0 Å². The summed E-state index contributed by atoms with van der Waals surface area (Å²) in [6, 6.07) is 5.74. The van der Waals surface area contributed by atoms with Gasteiger partial charge in [0.1, 0.15) is 17.2 Å². The van der Waals surface area contributed by atoms with Crippen molar-refractivity contribution in [1.29, 1.82) is 5.41 Å². The molecule has 2 aliphatic heterocycles. The minimum atomic E-state index is 0.503. The Bertz CT molecular complexity index is 912. The Balaban J connectivity index is 1.68. The first-order chi connectivity index (χ1) is 16.7. The topological polar surface area (TPSA) is 114 Å². The molecule has 0 saturated carbocycles. The molecule has 2 aromatic rings. The van der Waals surface area contributed by atoms with Crippen LogP contribution in [0.5, 0.6) is 0 Å². The summed E-state index contributed by atoms with van der Waals surface area (Å²) in [7, 11) is 0. The Morgan fingerprint density at radius 3 is 2.68 bits per heavy atom. The quantitative estimate of drug-likeness (QED) is 0.292. The third kappa shape index (κ3) is 6.62. The van der Waals surface area contributed by atoms with Crippen LogP contribution in [0, 0.1) is 5.41 Å². The lowest BCUT2D eigenvalue weighted by Crippen LogP contribution is -2.44. The predicted octanol–water partition coefficient (Wildman–Crippen LogP) is 2.33. The number of pyridine rings is 1. The van der Waals surface area contributed by atoms with Crippen LogP contribution in [-0.4, -0.2) is 91.1 Å². The number of hydrogen-bond acceptors (Lipinski definition) is 10. The number of aromatic nitrogens is 3. The molecule has 0 aromatic carbocycles. The summed E-state index contributed by atoms with van der Waals surface area (Å²) in [5, 5.41) is 19.2. The number of piperazine rings is 1. The van der Waals surface area contributed by atoms with Crippen molar-refractivity contribution in [1.82, 2.24) is 25.2 Å². The molecule has 0 spiro atoms. The zero-order valence-corrected chi connectivity index (χ0v) is 20.1. The van der Waals surface area contributed by atoms with Crippen LogP contribution in [0.25, 0.3) is 0 Å². The molecule has 34 heavy (non-hydrogen) atoms. The minimum absolute atomic E-state index is 0.503. The smallest absolute Gasteiger partial charge is 0.228 e. The van der Waals surface area contributed by atoms with E-state index in [4.69, 9.17) is 20.1 Å². The first-order valence-corrected chi connectivity index (χ1v) is 12.4. The van der Waals surface area contributed by atoms with Crippen LogP contribution in [-0.2, 0) is 4.74 Å². The number of nitrogens with zero attached hydrogens (tertiary/aromatic N) is 5. The molecule has 0 radical (unpaired) electrons. The molecule has 4 rings (SSSR count). The highest BCUT2D eigenvalue weighted by molar-refractivity contribution is 6.05. The SMILES string of the molecule is CCOCCNc1c(Nc2ccccn2)nc(N2CCNCC2)nc1C(=N)CN1CCCCC1. The van der Waals surface area contributed by atoms with Crippen molar-refractivity contribution < 1.29 is 4.74 Å². The molecule has 0 aliphatic carbocycles. The maximum absolute atomic E-state index is 9.03. The molecule has 10 heteroatoms.